The molecule has 0 bridgehead atoms. The minimum absolute atomic E-state index is 0.955. The molecule has 0 aromatic rings. The maximum atomic E-state index is 6.98. The van der Waals surface area contributed by atoms with Gasteiger partial charge < -0.3 is 16.8 Å². The van der Waals surface area contributed by atoms with Crippen molar-refractivity contribution in [2.45, 2.75) is 128 Å². The summed E-state index contributed by atoms with van der Waals surface area (Å²) in [5.41, 5.74) is 0. The fourth-order valence-corrected chi connectivity index (χ4v) is 38.1. The van der Waals surface area contributed by atoms with Gasteiger partial charge in [-0.1, -0.05) is 0 Å². The first kappa shape index (κ1) is 33.4. The highest BCUT2D eigenvalue weighted by atomic mass is 28.4. The largest absolute Gasteiger partial charge is 0.458 e. The van der Waals surface area contributed by atoms with Crippen molar-refractivity contribution in [3.63, 3.8) is 0 Å². The molecule has 0 unspecified atom stereocenters. The van der Waals surface area contributed by atoms with E-state index in [2.05, 4.69) is 91.7 Å². The second kappa shape index (κ2) is 12.5. The van der Waals surface area contributed by atoms with E-state index in [9.17, 15) is 0 Å². The van der Waals surface area contributed by atoms with Gasteiger partial charge in [0.2, 0.25) is 0 Å². The van der Waals surface area contributed by atoms with E-state index in [1.165, 1.54) is 36.3 Å². The minimum Gasteiger partial charge on any atom is -0.458 e. The molecule has 0 amide bonds. The van der Waals surface area contributed by atoms with Gasteiger partial charge in [-0.25, -0.2) is 0 Å². The van der Waals surface area contributed by atoms with Crippen LogP contribution in [0.2, 0.25) is 128 Å². The molecular formula is C21H58O4Si7. The van der Waals surface area contributed by atoms with Gasteiger partial charge >= 0.3 is 0 Å². The molecule has 0 spiro atoms. The van der Waals surface area contributed by atoms with E-state index in [1.807, 2.05) is 7.11 Å². The molecule has 194 valence electrons. The number of hydrogen-bond donors (Lipinski definition) is 0. The first-order valence-corrected chi connectivity index (χ1v) is 34.1. The smallest absolute Gasteiger partial charge is 0.186 e. The summed E-state index contributed by atoms with van der Waals surface area (Å²) in [4.78, 5) is 0. The van der Waals surface area contributed by atoms with Gasteiger partial charge in [-0.15, -0.1) is 0 Å². The standard InChI is InChI=1S/C21H58O4Si7/c1-22-27(4,5)16-18-29(8,9)24-31(12,13)20-21-32(14,15)25-30(10,11)19-17-28(6,7)23-26(2)3/h26H,16-21H2,1-15H3. The van der Waals surface area contributed by atoms with Crippen LogP contribution in [-0.2, 0) is 16.8 Å². The summed E-state index contributed by atoms with van der Waals surface area (Å²) < 4.78 is 26.1. The van der Waals surface area contributed by atoms with E-state index in [0.29, 0.717) is 0 Å². The zero-order valence-electron chi connectivity index (χ0n) is 24.5. The maximum Gasteiger partial charge on any atom is 0.186 e. The zero-order chi connectivity index (χ0) is 25.6. The van der Waals surface area contributed by atoms with Crippen molar-refractivity contribution in [3.05, 3.63) is 0 Å². The summed E-state index contributed by atoms with van der Waals surface area (Å²) in [5, 5.41) is 0. The van der Waals surface area contributed by atoms with Crippen LogP contribution in [0.15, 0.2) is 0 Å². The molecule has 0 radical (unpaired) electrons. The van der Waals surface area contributed by atoms with Crippen molar-refractivity contribution in [1.29, 1.82) is 0 Å². The van der Waals surface area contributed by atoms with Crippen LogP contribution in [0.25, 0.3) is 0 Å². The molecule has 0 aliphatic carbocycles. The van der Waals surface area contributed by atoms with Gasteiger partial charge in [-0.3, -0.25) is 0 Å². The lowest BCUT2D eigenvalue weighted by atomic mass is 10.9. The van der Waals surface area contributed by atoms with Crippen LogP contribution in [0, 0.1) is 0 Å². The van der Waals surface area contributed by atoms with Crippen molar-refractivity contribution >= 4 is 58.9 Å². The summed E-state index contributed by atoms with van der Waals surface area (Å²) in [7, 11) is -8.86. The van der Waals surface area contributed by atoms with E-state index >= 15 is 0 Å². The molecule has 0 aromatic carbocycles. The Morgan fingerprint density at radius 3 is 0.938 bits per heavy atom. The van der Waals surface area contributed by atoms with Crippen molar-refractivity contribution in [2.75, 3.05) is 7.11 Å². The van der Waals surface area contributed by atoms with Crippen LogP contribution in [-0.4, -0.2) is 66.1 Å². The van der Waals surface area contributed by atoms with E-state index in [1.54, 1.807) is 0 Å². The van der Waals surface area contributed by atoms with Gasteiger partial charge in [-0.05, 0) is 128 Å². The van der Waals surface area contributed by atoms with E-state index < -0.39 is 58.9 Å². The molecule has 4 nitrogen and oxygen atoms in total. The minimum atomic E-state index is -1.70. The summed E-state index contributed by atoms with van der Waals surface area (Å²) in [6.45, 7) is 33.4. The molecule has 0 aliphatic rings. The highest BCUT2D eigenvalue weighted by Gasteiger charge is 2.39. The quantitative estimate of drug-likeness (QED) is 0.177. The molecule has 11 heteroatoms. The van der Waals surface area contributed by atoms with E-state index in [4.69, 9.17) is 16.8 Å². The number of rotatable bonds is 16. The molecule has 0 N–H and O–H groups in total. The second-order valence-electron chi connectivity index (χ2n) is 13.6. The highest BCUT2D eigenvalue weighted by Crippen LogP contribution is 2.31. The molecular weight excluding hydrogens is 513 g/mol. The first-order chi connectivity index (χ1) is 14.0. The Hall–Kier alpha value is 1.36. The van der Waals surface area contributed by atoms with E-state index in [-0.39, 0.29) is 0 Å². The van der Waals surface area contributed by atoms with Crippen LogP contribution < -0.4 is 0 Å². The van der Waals surface area contributed by atoms with E-state index in [0.717, 1.165) is 0 Å². The lowest BCUT2D eigenvalue weighted by Crippen LogP contribution is -2.49. The molecule has 0 rings (SSSR count). The molecule has 0 fully saturated rings. The van der Waals surface area contributed by atoms with Crippen LogP contribution in [0.4, 0.5) is 0 Å². The SMILES string of the molecule is CO[Si](C)(C)CC[Si](C)(C)O[Si](C)(C)CC[Si](C)(C)O[Si](C)(C)CC[Si](C)(C)O[SiH](C)C. The fourth-order valence-electron chi connectivity index (χ4n) is 4.31. The Morgan fingerprint density at radius 2 is 0.688 bits per heavy atom. The Balaban J connectivity index is 4.81. The van der Waals surface area contributed by atoms with Gasteiger partial charge in [0.25, 0.3) is 0 Å². The summed E-state index contributed by atoms with van der Waals surface area (Å²) >= 11 is 0. The molecule has 0 saturated carbocycles. The molecule has 0 aliphatic heterocycles. The van der Waals surface area contributed by atoms with Crippen molar-refractivity contribution < 1.29 is 16.8 Å². The van der Waals surface area contributed by atoms with Gasteiger partial charge in [-0.2, -0.15) is 0 Å². The third-order valence-electron chi connectivity index (χ3n) is 6.20. The second-order valence-corrected chi connectivity index (χ2v) is 42.8. The van der Waals surface area contributed by atoms with Crippen LogP contribution in [0.1, 0.15) is 0 Å². The third-order valence-corrected chi connectivity index (χ3v) is 30.8. The molecule has 32 heavy (non-hydrogen) atoms. The maximum absolute atomic E-state index is 6.98. The first-order valence-electron chi connectivity index (χ1n) is 12.6. The molecule has 0 atom stereocenters. The van der Waals surface area contributed by atoms with Crippen molar-refractivity contribution in [3.8, 4) is 0 Å². The van der Waals surface area contributed by atoms with Crippen LogP contribution in [0.3, 0.4) is 0 Å². The Bertz CT molecular complexity index is 564. The number of hydrogen-bond acceptors (Lipinski definition) is 4. The van der Waals surface area contributed by atoms with Gasteiger partial charge in [0, 0.05) is 7.11 Å². The average molecular weight is 571 g/mol. The fraction of sp³-hybridized carbons (Fsp3) is 1.00. The zero-order valence-corrected chi connectivity index (χ0v) is 31.6. The van der Waals surface area contributed by atoms with Crippen LogP contribution in [0.5, 0.6) is 0 Å². The lowest BCUT2D eigenvalue weighted by molar-refractivity contribution is 0.404. The van der Waals surface area contributed by atoms with Crippen molar-refractivity contribution in [1.82, 2.24) is 0 Å². The molecule has 0 heterocycles. The Labute approximate surface area is 210 Å². The normalized spacial score (nSPS) is 15.0. The van der Waals surface area contributed by atoms with Crippen LogP contribution >= 0.6 is 0 Å². The lowest BCUT2D eigenvalue weighted by Gasteiger charge is -2.39. The average Bonchev–Trinajstić information content (AvgIpc) is 2.55. The van der Waals surface area contributed by atoms with Crippen molar-refractivity contribution in [2.24, 2.45) is 0 Å². The molecule has 0 saturated heterocycles. The summed E-state index contributed by atoms with van der Waals surface area (Å²) in [6.07, 6.45) is 0. The topological polar surface area (TPSA) is 36.9 Å². The predicted octanol–water partition coefficient (Wildman–Crippen LogP) is 7.90. The monoisotopic (exact) mass is 570 g/mol. The van der Waals surface area contributed by atoms with Gasteiger partial charge in [0.1, 0.15) is 0 Å². The highest BCUT2D eigenvalue weighted by molar-refractivity contribution is 6.89. The van der Waals surface area contributed by atoms with Gasteiger partial charge in [0.15, 0.2) is 58.9 Å². The molecule has 0 aromatic heterocycles. The van der Waals surface area contributed by atoms with Gasteiger partial charge in [0.05, 0.1) is 0 Å². The third kappa shape index (κ3) is 16.1. The Kier molecular flexibility index (Phi) is 13.1. The predicted molar refractivity (Wildman–Crippen MR) is 163 cm³/mol. The summed E-state index contributed by atoms with van der Waals surface area (Å²) in [6, 6.07) is 7.35. The Morgan fingerprint density at radius 1 is 0.438 bits per heavy atom. The summed E-state index contributed by atoms with van der Waals surface area (Å²) in [5.74, 6) is 0.